The number of carbonyl (C=O) groups is 1. The molecule has 4 nitrogen and oxygen atoms in total. The maximum absolute atomic E-state index is 12.1. The molecule has 0 unspecified atom stereocenters. The van der Waals surface area contributed by atoms with Crippen molar-refractivity contribution in [3.63, 3.8) is 0 Å². The van der Waals surface area contributed by atoms with Crippen LogP contribution in [0.25, 0.3) is 0 Å². The Bertz CT molecular complexity index is 675. The van der Waals surface area contributed by atoms with Gasteiger partial charge in [-0.05, 0) is 31.9 Å². The van der Waals surface area contributed by atoms with E-state index >= 15 is 0 Å². The normalized spacial score (nSPS) is 15.9. The molecule has 1 aromatic carbocycles. The van der Waals surface area contributed by atoms with E-state index in [0.29, 0.717) is 5.56 Å². The lowest BCUT2D eigenvalue weighted by molar-refractivity contribution is 0.101. The Labute approximate surface area is 132 Å². The summed E-state index contributed by atoms with van der Waals surface area (Å²) in [5.74, 6) is 5.73. The third-order valence-electron chi connectivity index (χ3n) is 3.88. The van der Waals surface area contributed by atoms with Crippen molar-refractivity contribution in [3.8, 4) is 11.8 Å². The van der Waals surface area contributed by atoms with E-state index in [2.05, 4.69) is 16.6 Å². The lowest BCUT2D eigenvalue weighted by atomic mass is 10.0. The topological polar surface area (TPSA) is 63.2 Å². The van der Waals surface area contributed by atoms with Crippen molar-refractivity contribution >= 4 is 15.8 Å². The molecule has 118 valence electrons. The summed E-state index contributed by atoms with van der Waals surface area (Å²) in [7, 11) is -3.25. The van der Waals surface area contributed by atoms with Gasteiger partial charge in [-0.1, -0.05) is 43.2 Å². The summed E-state index contributed by atoms with van der Waals surface area (Å²) in [6, 6.07) is 6.97. The average molecular weight is 319 g/mol. The summed E-state index contributed by atoms with van der Waals surface area (Å²) in [6.45, 7) is 1.63. The summed E-state index contributed by atoms with van der Waals surface area (Å²) >= 11 is 0. The highest BCUT2D eigenvalue weighted by Crippen LogP contribution is 2.22. The van der Waals surface area contributed by atoms with E-state index in [1.807, 2.05) is 0 Å². The number of carbonyl (C=O) groups excluding carboxylic acids is 1. The number of Topliss-reactive ketones (excluding diaryl/α,β-unsaturated/α-hetero) is 1. The Morgan fingerprint density at radius 1 is 1.18 bits per heavy atom. The van der Waals surface area contributed by atoms with Crippen molar-refractivity contribution in [1.29, 1.82) is 0 Å². The molecule has 5 heteroatoms. The van der Waals surface area contributed by atoms with Gasteiger partial charge in [0, 0.05) is 11.1 Å². The number of rotatable bonds is 4. The van der Waals surface area contributed by atoms with Gasteiger partial charge >= 0.3 is 0 Å². The second kappa shape index (κ2) is 7.57. The third kappa shape index (κ3) is 4.69. The van der Waals surface area contributed by atoms with Crippen LogP contribution in [0, 0.1) is 11.8 Å². The van der Waals surface area contributed by atoms with E-state index < -0.39 is 10.0 Å². The molecule has 22 heavy (non-hydrogen) atoms. The fourth-order valence-electron chi connectivity index (χ4n) is 2.56. The van der Waals surface area contributed by atoms with Gasteiger partial charge in [-0.15, -0.1) is 0 Å². The molecule has 0 bridgehead atoms. The van der Waals surface area contributed by atoms with Crippen LogP contribution in [0.2, 0.25) is 0 Å². The summed E-state index contributed by atoms with van der Waals surface area (Å²) in [4.78, 5) is 11.2. The molecule has 1 fully saturated rings. The fraction of sp³-hybridized carbons (Fsp3) is 0.471. The molecule has 0 radical (unpaired) electrons. The van der Waals surface area contributed by atoms with E-state index in [-0.39, 0.29) is 17.6 Å². The summed E-state index contributed by atoms with van der Waals surface area (Å²) in [5.41, 5.74) is 1.41. The minimum atomic E-state index is -3.25. The van der Waals surface area contributed by atoms with Crippen molar-refractivity contribution in [3.05, 3.63) is 35.4 Å². The van der Waals surface area contributed by atoms with Crippen LogP contribution in [0.1, 0.15) is 54.9 Å². The van der Waals surface area contributed by atoms with Crippen LogP contribution in [0.15, 0.2) is 24.3 Å². The van der Waals surface area contributed by atoms with Crippen molar-refractivity contribution in [2.24, 2.45) is 0 Å². The molecule has 1 aliphatic rings. The first-order valence-corrected chi connectivity index (χ1v) is 9.12. The average Bonchev–Trinajstić information content (AvgIpc) is 2.53. The first-order valence-electron chi connectivity index (χ1n) is 7.57. The number of sulfonamides is 1. The van der Waals surface area contributed by atoms with Crippen LogP contribution < -0.4 is 4.72 Å². The van der Waals surface area contributed by atoms with Crippen molar-refractivity contribution < 1.29 is 13.2 Å². The number of hydrogen-bond acceptors (Lipinski definition) is 3. The van der Waals surface area contributed by atoms with E-state index in [9.17, 15) is 13.2 Å². The smallest absolute Gasteiger partial charge is 0.215 e. The van der Waals surface area contributed by atoms with Gasteiger partial charge < -0.3 is 0 Å². The zero-order chi connectivity index (χ0) is 16.0. The first kappa shape index (κ1) is 16.7. The van der Waals surface area contributed by atoms with Crippen molar-refractivity contribution in [2.45, 2.75) is 44.3 Å². The van der Waals surface area contributed by atoms with Crippen LogP contribution >= 0.6 is 0 Å². The van der Waals surface area contributed by atoms with Gasteiger partial charge in [0.2, 0.25) is 10.0 Å². The predicted molar refractivity (Wildman–Crippen MR) is 87.1 cm³/mol. The monoisotopic (exact) mass is 319 g/mol. The van der Waals surface area contributed by atoms with Gasteiger partial charge in [-0.3, -0.25) is 4.79 Å². The van der Waals surface area contributed by atoms with Crippen LogP contribution in [-0.2, 0) is 10.0 Å². The van der Waals surface area contributed by atoms with Gasteiger partial charge in [0.15, 0.2) is 5.78 Å². The molecule has 0 spiro atoms. The summed E-state index contributed by atoms with van der Waals surface area (Å²) < 4.78 is 26.8. The Morgan fingerprint density at radius 2 is 1.82 bits per heavy atom. The molecule has 0 amide bonds. The maximum atomic E-state index is 12.1. The standard InChI is InChI=1S/C17H21NO3S/c1-14(19)16-11-9-15(10-12-16)6-5-13-18-22(20,21)17-7-3-2-4-8-17/h9-12,17-18H,2-4,7-8,13H2,1H3. The molecule has 1 N–H and O–H groups in total. The van der Waals surface area contributed by atoms with Gasteiger partial charge in [0.1, 0.15) is 0 Å². The number of hydrogen-bond donors (Lipinski definition) is 1. The second-order valence-electron chi connectivity index (χ2n) is 5.56. The molecule has 0 atom stereocenters. The molecular formula is C17H21NO3S. The molecule has 1 saturated carbocycles. The zero-order valence-corrected chi connectivity index (χ0v) is 13.6. The number of ketones is 1. The van der Waals surface area contributed by atoms with Crippen molar-refractivity contribution in [1.82, 2.24) is 4.72 Å². The van der Waals surface area contributed by atoms with E-state index in [1.165, 1.54) is 6.92 Å². The molecular weight excluding hydrogens is 298 g/mol. The molecule has 0 heterocycles. The predicted octanol–water partition coefficient (Wildman–Crippen LogP) is 2.49. The summed E-state index contributed by atoms with van der Waals surface area (Å²) in [5, 5.41) is -0.266. The maximum Gasteiger partial charge on any atom is 0.215 e. The first-order chi connectivity index (χ1) is 10.5. The Balaban J connectivity index is 1.89. The third-order valence-corrected chi connectivity index (χ3v) is 5.77. The molecule has 1 aromatic rings. The molecule has 0 saturated heterocycles. The highest BCUT2D eigenvalue weighted by atomic mass is 32.2. The Kier molecular flexibility index (Phi) is 5.76. The highest BCUT2D eigenvalue weighted by Gasteiger charge is 2.26. The quantitative estimate of drug-likeness (QED) is 0.685. The SMILES string of the molecule is CC(=O)c1ccc(C#CCNS(=O)(=O)C2CCCCC2)cc1. The number of nitrogens with one attached hydrogen (secondary N) is 1. The van der Waals surface area contributed by atoms with Gasteiger partial charge in [-0.2, -0.15) is 0 Å². The highest BCUT2D eigenvalue weighted by molar-refractivity contribution is 7.90. The summed E-state index contributed by atoms with van der Waals surface area (Å²) in [6.07, 6.45) is 4.59. The fourth-order valence-corrected chi connectivity index (χ4v) is 4.03. The molecule has 2 rings (SSSR count). The van der Waals surface area contributed by atoms with Gasteiger partial charge in [0.05, 0.1) is 11.8 Å². The van der Waals surface area contributed by atoms with Crippen molar-refractivity contribution in [2.75, 3.05) is 6.54 Å². The minimum Gasteiger partial charge on any atom is -0.295 e. The second-order valence-corrected chi connectivity index (χ2v) is 7.61. The van der Waals surface area contributed by atoms with Crippen LogP contribution in [0.4, 0.5) is 0 Å². The van der Waals surface area contributed by atoms with E-state index in [4.69, 9.17) is 0 Å². The largest absolute Gasteiger partial charge is 0.295 e. The Hall–Kier alpha value is -1.64. The Morgan fingerprint density at radius 3 is 2.41 bits per heavy atom. The van der Waals surface area contributed by atoms with Crippen LogP contribution in [0.3, 0.4) is 0 Å². The number of benzene rings is 1. The van der Waals surface area contributed by atoms with Gasteiger partial charge in [-0.25, -0.2) is 13.1 Å². The van der Waals surface area contributed by atoms with E-state index in [0.717, 1.165) is 37.7 Å². The lowest BCUT2D eigenvalue weighted by Gasteiger charge is -2.21. The lowest BCUT2D eigenvalue weighted by Crippen LogP contribution is -2.35. The van der Waals surface area contributed by atoms with E-state index in [1.54, 1.807) is 24.3 Å². The molecule has 0 aromatic heterocycles. The zero-order valence-electron chi connectivity index (χ0n) is 12.8. The van der Waals surface area contributed by atoms with Crippen LogP contribution in [-0.4, -0.2) is 26.0 Å². The molecule has 1 aliphatic carbocycles. The molecule has 0 aliphatic heterocycles. The minimum absolute atomic E-state index is 0.0137. The van der Waals surface area contributed by atoms with Crippen LogP contribution in [0.5, 0.6) is 0 Å². The van der Waals surface area contributed by atoms with Gasteiger partial charge in [0.25, 0.3) is 0 Å².